The van der Waals surface area contributed by atoms with Crippen molar-refractivity contribution in [2.24, 2.45) is 5.92 Å². The number of aliphatic carboxylic acids is 1. The van der Waals surface area contributed by atoms with Crippen LogP contribution in [0.4, 0.5) is 0 Å². The lowest BCUT2D eigenvalue weighted by Crippen LogP contribution is -2.45. The number of carboxylic acids is 1. The zero-order chi connectivity index (χ0) is 10.6. The average Bonchev–Trinajstić information content (AvgIpc) is 2.15. The van der Waals surface area contributed by atoms with Crippen LogP contribution in [0.5, 0.6) is 0 Å². The molecule has 1 aliphatic heterocycles. The number of rotatable bonds is 3. The van der Waals surface area contributed by atoms with Crippen LogP contribution in [0.25, 0.3) is 0 Å². The third-order valence-corrected chi connectivity index (χ3v) is 2.86. The molecule has 1 saturated heterocycles. The van der Waals surface area contributed by atoms with E-state index in [2.05, 4.69) is 12.8 Å². The van der Waals surface area contributed by atoms with Crippen molar-refractivity contribution in [1.82, 2.24) is 4.90 Å². The minimum atomic E-state index is -0.794. The number of likely N-dealkylation sites (tertiary alicyclic amines) is 1. The molecule has 0 saturated carbocycles. The topological polar surface area (TPSA) is 40.5 Å². The van der Waals surface area contributed by atoms with E-state index < -0.39 is 12.0 Å². The van der Waals surface area contributed by atoms with Crippen molar-refractivity contribution in [1.29, 1.82) is 0 Å². The Kier molecular flexibility index (Phi) is 3.97. The zero-order valence-electron chi connectivity index (χ0n) is 8.57. The predicted octanol–water partition coefficient (Wildman–Crippen LogP) is 1.19. The third-order valence-electron chi connectivity index (χ3n) is 2.86. The first kappa shape index (κ1) is 11.1. The molecule has 1 unspecified atom stereocenters. The molecule has 0 spiro atoms. The average molecular weight is 195 g/mol. The van der Waals surface area contributed by atoms with Crippen LogP contribution >= 0.6 is 0 Å². The fraction of sp³-hybridized carbons (Fsp3) is 0.727. The summed E-state index contributed by atoms with van der Waals surface area (Å²) in [6.07, 6.45) is 7.63. The van der Waals surface area contributed by atoms with Gasteiger partial charge in [0.05, 0.1) is 0 Å². The van der Waals surface area contributed by atoms with Gasteiger partial charge < -0.3 is 5.11 Å². The van der Waals surface area contributed by atoms with Crippen LogP contribution in [0.15, 0.2) is 0 Å². The summed E-state index contributed by atoms with van der Waals surface area (Å²) in [5.41, 5.74) is 0. The van der Waals surface area contributed by atoms with E-state index in [4.69, 9.17) is 11.5 Å². The third kappa shape index (κ3) is 2.74. The van der Waals surface area contributed by atoms with Gasteiger partial charge in [-0.05, 0) is 31.8 Å². The zero-order valence-corrected chi connectivity index (χ0v) is 8.57. The number of nitrogens with zero attached hydrogens (tertiary/aromatic N) is 1. The van der Waals surface area contributed by atoms with Crippen molar-refractivity contribution in [2.75, 3.05) is 13.1 Å². The highest BCUT2D eigenvalue weighted by molar-refractivity contribution is 5.73. The van der Waals surface area contributed by atoms with Crippen LogP contribution < -0.4 is 0 Å². The van der Waals surface area contributed by atoms with Gasteiger partial charge in [-0.2, -0.15) is 0 Å². The van der Waals surface area contributed by atoms with E-state index in [0.717, 1.165) is 25.9 Å². The standard InChI is InChI=1S/C11H17NO2/c1-3-4-10(11(13)14)12-7-5-9(2)6-8-12/h1,9-10H,4-8H2,2H3,(H,13,14). The first-order valence-electron chi connectivity index (χ1n) is 5.05. The lowest BCUT2D eigenvalue weighted by atomic mass is 9.97. The van der Waals surface area contributed by atoms with E-state index in [1.165, 1.54) is 0 Å². The Morgan fingerprint density at radius 2 is 2.21 bits per heavy atom. The number of terminal acetylenes is 1. The number of hydrogen-bond donors (Lipinski definition) is 1. The number of carboxylic acid groups (broad SMARTS) is 1. The van der Waals surface area contributed by atoms with E-state index in [1.807, 2.05) is 4.90 Å². The van der Waals surface area contributed by atoms with Crippen LogP contribution in [0.2, 0.25) is 0 Å². The van der Waals surface area contributed by atoms with E-state index in [1.54, 1.807) is 0 Å². The second-order valence-corrected chi connectivity index (χ2v) is 3.98. The molecule has 3 heteroatoms. The lowest BCUT2D eigenvalue weighted by molar-refractivity contribution is -0.143. The molecule has 0 aliphatic carbocycles. The molecule has 0 radical (unpaired) electrons. The molecule has 14 heavy (non-hydrogen) atoms. The summed E-state index contributed by atoms with van der Waals surface area (Å²) in [6.45, 7) is 3.92. The van der Waals surface area contributed by atoms with Crippen molar-refractivity contribution >= 4 is 5.97 Å². The number of piperidine rings is 1. The fourth-order valence-corrected chi connectivity index (χ4v) is 1.82. The van der Waals surface area contributed by atoms with Gasteiger partial charge in [-0.3, -0.25) is 9.69 Å². The van der Waals surface area contributed by atoms with Gasteiger partial charge in [-0.1, -0.05) is 6.92 Å². The molecule has 3 nitrogen and oxygen atoms in total. The molecule has 1 heterocycles. The van der Waals surface area contributed by atoms with Gasteiger partial charge in [-0.15, -0.1) is 12.3 Å². The molecule has 1 N–H and O–H groups in total. The predicted molar refractivity (Wildman–Crippen MR) is 54.8 cm³/mol. The van der Waals surface area contributed by atoms with Gasteiger partial charge in [0.2, 0.25) is 0 Å². The highest BCUT2D eigenvalue weighted by Gasteiger charge is 2.27. The van der Waals surface area contributed by atoms with E-state index in [9.17, 15) is 4.79 Å². The fourth-order valence-electron chi connectivity index (χ4n) is 1.82. The Hall–Kier alpha value is -1.01. The van der Waals surface area contributed by atoms with Gasteiger partial charge in [0.15, 0.2) is 0 Å². The van der Waals surface area contributed by atoms with Crippen molar-refractivity contribution in [3.8, 4) is 12.3 Å². The Balaban J connectivity index is 2.52. The smallest absolute Gasteiger partial charge is 0.321 e. The Bertz CT molecular complexity index is 236. The molecule has 0 amide bonds. The second-order valence-electron chi connectivity index (χ2n) is 3.98. The van der Waals surface area contributed by atoms with Crippen LogP contribution in [-0.2, 0) is 4.79 Å². The maximum Gasteiger partial charge on any atom is 0.321 e. The molecule has 1 rings (SSSR count). The molecule has 1 aliphatic rings. The summed E-state index contributed by atoms with van der Waals surface area (Å²) >= 11 is 0. The van der Waals surface area contributed by atoms with Gasteiger partial charge in [0.1, 0.15) is 6.04 Å². The quantitative estimate of drug-likeness (QED) is 0.688. The lowest BCUT2D eigenvalue weighted by Gasteiger charge is -2.33. The van der Waals surface area contributed by atoms with E-state index in [-0.39, 0.29) is 0 Å². The highest BCUT2D eigenvalue weighted by atomic mass is 16.4. The monoisotopic (exact) mass is 195 g/mol. The largest absolute Gasteiger partial charge is 0.480 e. The molecule has 78 valence electrons. The molecular weight excluding hydrogens is 178 g/mol. The summed E-state index contributed by atoms with van der Waals surface area (Å²) in [6, 6.07) is -0.479. The Labute approximate surface area is 85.1 Å². The van der Waals surface area contributed by atoms with Crippen LogP contribution in [0.3, 0.4) is 0 Å². The molecular formula is C11H17NO2. The van der Waals surface area contributed by atoms with Crippen molar-refractivity contribution in [3.63, 3.8) is 0 Å². The maximum absolute atomic E-state index is 10.9. The second kappa shape index (κ2) is 5.02. The Morgan fingerprint density at radius 3 is 2.64 bits per heavy atom. The van der Waals surface area contributed by atoms with E-state index >= 15 is 0 Å². The number of hydrogen-bond acceptors (Lipinski definition) is 2. The first-order chi connectivity index (χ1) is 6.65. The summed E-state index contributed by atoms with van der Waals surface area (Å²) in [4.78, 5) is 12.9. The van der Waals surface area contributed by atoms with Crippen LogP contribution in [0.1, 0.15) is 26.2 Å². The molecule has 0 aromatic rings. The van der Waals surface area contributed by atoms with Crippen molar-refractivity contribution in [2.45, 2.75) is 32.2 Å². The SMILES string of the molecule is C#CCC(C(=O)O)N1CCC(C)CC1. The summed E-state index contributed by atoms with van der Waals surface area (Å²) < 4.78 is 0. The van der Waals surface area contributed by atoms with Gasteiger partial charge in [-0.25, -0.2) is 0 Å². The minimum Gasteiger partial charge on any atom is -0.480 e. The van der Waals surface area contributed by atoms with Crippen LogP contribution in [-0.4, -0.2) is 35.1 Å². The molecule has 1 atom stereocenters. The highest BCUT2D eigenvalue weighted by Crippen LogP contribution is 2.19. The molecule has 0 aromatic carbocycles. The van der Waals surface area contributed by atoms with Gasteiger partial charge in [0, 0.05) is 6.42 Å². The van der Waals surface area contributed by atoms with Crippen molar-refractivity contribution < 1.29 is 9.90 Å². The minimum absolute atomic E-state index is 0.309. The maximum atomic E-state index is 10.9. The summed E-state index contributed by atoms with van der Waals surface area (Å²) in [5.74, 6) is 2.36. The number of carbonyl (C=O) groups is 1. The summed E-state index contributed by atoms with van der Waals surface area (Å²) in [7, 11) is 0. The normalized spacial score (nSPS) is 21.4. The van der Waals surface area contributed by atoms with E-state index in [0.29, 0.717) is 12.3 Å². The molecule has 0 bridgehead atoms. The van der Waals surface area contributed by atoms with Gasteiger partial charge >= 0.3 is 5.97 Å². The Morgan fingerprint density at radius 1 is 1.64 bits per heavy atom. The summed E-state index contributed by atoms with van der Waals surface area (Å²) in [5, 5.41) is 8.99. The van der Waals surface area contributed by atoms with Crippen molar-refractivity contribution in [3.05, 3.63) is 0 Å². The molecule has 1 fully saturated rings. The van der Waals surface area contributed by atoms with Gasteiger partial charge in [0.25, 0.3) is 0 Å². The first-order valence-corrected chi connectivity index (χ1v) is 5.05. The van der Waals surface area contributed by atoms with Crippen LogP contribution in [0, 0.1) is 18.3 Å². The molecule has 0 aromatic heterocycles.